The van der Waals surface area contributed by atoms with Crippen LogP contribution in [0.15, 0.2) is 53.6 Å². The van der Waals surface area contributed by atoms with Gasteiger partial charge < -0.3 is 10.1 Å². The number of hydrogen-bond donors (Lipinski definition) is 2. The average Bonchev–Trinajstić information content (AvgIpc) is 2.64. The number of thiocarbonyl (C=S) groups is 1. The molecule has 2 aromatic rings. The molecule has 0 saturated carbocycles. The molecule has 0 atom stereocenters. The minimum Gasteiger partial charge on any atom is -0.479 e. The van der Waals surface area contributed by atoms with Crippen LogP contribution in [0.5, 0.6) is 5.75 Å². The lowest BCUT2D eigenvalue weighted by Crippen LogP contribution is -2.26. The highest BCUT2D eigenvalue weighted by atomic mass is 32.1. The number of alkyl halides is 3. The van der Waals surface area contributed by atoms with Gasteiger partial charge in [0.15, 0.2) is 11.7 Å². The zero-order valence-corrected chi connectivity index (χ0v) is 15.0. The van der Waals surface area contributed by atoms with Crippen molar-refractivity contribution in [2.24, 2.45) is 5.10 Å². The smallest absolute Gasteiger partial charge is 0.418 e. The molecule has 2 aromatic carbocycles. The van der Waals surface area contributed by atoms with E-state index in [1.807, 2.05) is 6.07 Å². The number of nitriles is 1. The Bertz CT molecular complexity index is 873. The van der Waals surface area contributed by atoms with E-state index in [0.29, 0.717) is 11.5 Å². The molecule has 0 heterocycles. The van der Waals surface area contributed by atoms with Gasteiger partial charge in [-0.2, -0.15) is 23.5 Å². The fourth-order valence-electron chi connectivity index (χ4n) is 2.10. The minimum absolute atomic E-state index is 0.0483. The maximum absolute atomic E-state index is 13.0. The minimum atomic E-state index is -4.49. The summed E-state index contributed by atoms with van der Waals surface area (Å²) in [7, 11) is 0. The molecule has 0 aromatic heterocycles. The molecule has 0 radical (unpaired) electrons. The third-order valence-corrected chi connectivity index (χ3v) is 3.57. The summed E-state index contributed by atoms with van der Waals surface area (Å²) < 4.78 is 44.1. The molecule has 0 fully saturated rings. The Morgan fingerprint density at radius 2 is 1.85 bits per heavy atom. The molecule has 2 N–H and O–H groups in total. The summed E-state index contributed by atoms with van der Waals surface area (Å²) in [6, 6.07) is 13.7. The van der Waals surface area contributed by atoms with E-state index in [-0.39, 0.29) is 17.4 Å². The predicted octanol–water partition coefficient (Wildman–Crippen LogP) is 4.32. The van der Waals surface area contributed by atoms with Gasteiger partial charge in [0.05, 0.1) is 17.0 Å². The second-order valence-corrected chi connectivity index (χ2v) is 5.69. The van der Waals surface area contributed by atoms with Crippen molar-refractivity contribution in [1.29, 1.82) is 5.26 Å². The Kier molecular flexibility index (Phi) is 6.73. The molecule has 0 bridgehead atoms. The molecule has 140 valence electrons. The van der Waals surface area contributed by atoms with Gasteiger partial charge in [0.2, 0.25) is 0 Å². The molecule has 0 aliphatic carbocycles. The van der Waals surface area contributed by atoms with E-state index in [1.54, 1.807) is 31.2 Å². The average molecular weight is 392 g/mol. The largest absolute Gasteiger partial charge is 0.479 e. The topological polar surface area (TPSA) is 69.4 Å². The Balaban J connectivity index is 2.01. The van der Waals surface area contributed by atoms with E-state index in [4.69, 9.17) is 22.2 Å². The van der Waals surface area contributed by atoms with Gasteiger partial charge >= 0.3 is 6.18 Å². The van der Waals surface area contributed by atoms with Gasteiger partial charge in [-0.25, -0.2) is 0 Å². The number of nitrogens with zero attached hydrogens (tertiary/aromatic N) is 2. The summed E-state index contributed by atoms with van der Waals surface area (Å²) in [6.07, 6.45) is -4.49. The number of rotatable bonds is 5. The third-order valence-electron chi connectivity index (χ3n) is 3.38. The van der Waals surface area contributed by atoms with Crippen LogP contribution in [-0.2, 0) is 6.18 Å². The van der Waals surface area contributed by atoms with Gasteiger partial charge in [0, 0.05) is 0 Å². The lowest BCUT2D eigenvalue weighted by Gasteiger charge is -2.14. The number of nitrogens with one attached hydrogen (secondary N) is 2. The fourth-order valence-corrected chi connectivity index (χ4v) is 2.25. The monoisotopic (exact) mass is 392 g/mol. The van der Waals surface area contributed by atoms with E-state index in [0.717, 1.165) is 11.6 Å². The van der Waals surface area contributed by atoms with Gasteiger partial charge in [-0.3, -0.25) is 5.43 Å². The lowest BCUT2D eigenvalue weighted by atomic mass is 10.1. The molecule has 0 amide bonds. The van der Waals surface area contributed by atoms with E-state index in [9.17, 15) is 13.2 Å². The van der Waals surface area contributed by atoms with Crippen LogP contribution in [0.2, 0.25) is 0 Å². The third kappa shape index (κ3) is 5.97. The second kappa shape index (κ2) is 9.00. The number of ether oxygens (including phenoxy) is 1. The zero-order chi connectivity index (χ0) is 19.9. The van der Waals surface area contributed by atoms with Gasteiger partial charge in [0.25, 0.3) is 0 Å². The molecular weight excluding hydrogens is 377 g/mol. The number of halogens is 3. The molecule has 0 unspecified atom stereocenters. The summed E-state index contributed by atoms with van der Waals surface area (Å²) in [4.78, 5) is 0. The van der Waals surface area contributed by atoms with Crippen molar-refractivity contribution in [2.75, 3.05) is 11.9 Å². The van der Waals surface area contributed by atoms with E-state index in [1.165, 1.54) is 18.2 Å². The van der Waals surface area contributed by atoms with Crippen molar-refractivity contribution in [3.63, 3.8) is 0 Å². The lowest BCUT2D eigenvalue weighted by molar-refractivity contribution is -0.136. The van der Waals surface area contributed by atoms with Crippen molar-refractivity contribution < 1.29 is 17.9 Å². The quantitative estimate of drug-likeness (QED) is 0.451. The Morgan fingerprint density at radius 1 is 1.19 bits per heavy atom. The molecule has 0 saturated heterocycles. The van der Waals surface area contributed by atoms with Gasteiger partial charge in [0.1, 0.15) is 11.8 Å². The van der Waals surface area contributed by atoms with Crippen molar-refractivity contribution in [3.05, 3.63) is 59.7 Å². The molecule has 5 nitrogen and oxygen atoms in total. The summed E-state index contributed by atoms with van der Waals surface area (Å²) in [6.45, 7) is 1.66. The van der Waals surface area contributed by atoms with Crippen molar-refractivity contribution >= 4 is 28.7 Å². The first-order valence-electron chi connectivity index (χ1n) is 7.69. The van der Waals surface area contributed by atoms with Crippen LogP contribution >= 0.6 is 12.2 Å². The highest BCUT2D eigenvalue weighted by Gasteiger charge is 2.33. The fraction of sp³-hybridized carbons (Fsp3) is 0.167. The van der Waals surface area contributed by atoms with E-state index >= 15 is 0 Å². The first kappa shape index (κ1) is 20.2. The van der Waals surface area contributed by atoms with Crippen LogP contribution < -0.4 is 15.5 Å². The predicted molar refractivity (Wildman–Crippen MR) is 101 cm³/mol. The Labute approximate surface area is 159 Å². The molecule has 2 rings (SSSR count). The van der Waals surface area contributed by atoms with Gasteiger partial charge in [-0.05, 0) is 61.1 Å². The molecule has 27 heavy (non-hydrogen) atoms. The maximum Gasteiger partial charge on any atom is 0.418 e. The highest BCUT2D eigenvalue weighted by Crippen LogP contribution is 2.34. The standard InChI is InChI=1S/C18H15F3N4OS/c1-12(13-6-8-14(9-7-13)26-11-10-22)24-25-17(27)23-16-5-3-2-4-15(16)18(19,20)21/h2-9H,11H2,1H3,(H2,23,25,27)/b24-12-. The van der Waals surface area contributed by atoms with Gasteiger partial charge in [-0.1, -0.05) is 12.1 Å². The van der Waals surface area contributed by atoms with E-state index < -0.39 is 11.7 Å². The van der Waals surface area contributed by atoms with Crippen LogP contribution in [0, 0.1) is 11.3 Å². The first-order valence-corrected chi connectivity index (χ1v) is 8.10. The van der Waals surface area contributed by atoms with Crippen LogP contribution in [0.4, 0.5) is 18.9 Å². The number of para-hydroxylation sites is 1. The van der Waals surface area contributed by atoms with Crippen LogP contribution in [0.25, 0.3) is 0 Å². The Morgan fingerprint density at radius 3 is 2.48 bits per heavy atom. The van der Waals surface area contributed by atoms with Crippen molar-refractivity contribution in [3.8, 4) is 11.8 Å². The molecule has 0 aliphatic heterocycles. The van der Waals surface area contributed by atoms with Crippen molar-refractivity contribution in [1.82, 2.24) is 5.43 Å². The van der Waals surface area contributed by atoms with Crippen LogP contribution in [0.1, 0.15) is 18.1 Å². The normalized spacial score (nSPS) is 11.4. The van der Waals surface area contributed by atoms with Crippen LogP contribution in [0.3, 0.4) is 0 Å². The van der Waals surface area contributed by atoms with Gasteiger partial charge in [-0.15, -0.1) is 0 Å². The van der Waals surface area contributed by atoms with Crippen molar-refractivity contribution in [2.45, 2.75) is 13.1 Å². The van der Waals surface area contributed by atoms with Crippen LogP contribution in [-0.4, -0.2) is 17.4 Å². The molecule has 0 aliphatic rings. The number of hydrogen-bond acceptors (Lipinski definition) is 4. The highest BCUT2D eigenvalue weighted by molar-refractivity contribution is 7.80. The number of benzene rings is 2. The Hall–Kier alpha value is -3.12. The molecule has 0 spiro atoms. The maximum atomic E-state index is 13.0. The number of hydrazone groups is 1. The zero-order valence-electron chi connectivity index (χ0n) is 14.2. The summed E-state index contributed by atoms with van der Waals surface area (Å²) in [5.74, 6) is 0.544. The molecular formula is C18H15F3N4OS. The summed E-state index contributed by atoms with van der Waals surface area (Å²) in [5.41, 5.74) is 2.87. The number of anilines is 1. The second-order valence-electron chi connectivity index (χ2n) is 5.28. The van der Waals surface area contributed by atoms with E-state index in [2.05, 4.69) is 15.8 Å². The summed E-state index contributed by atoms with van der Waals surface area (Å²) >= 11 is 5.01. The SMILES string of the molecule is C/C(=N/NC(=S)Nc1ccccc1C(F)(F)F)c1ccc(OCC#N)cc1. The summed E-state index contributed by atoms with van der Waals surface area (Å²) in [5, 5.41) is 15.0. The molecule has 9 heteroatoms. The first-order chi connectivity index (χ1) is 12.8.